The molecule has 33 heavy (non-hydrogen) atoms. The molecule has 0 unspecified atom stereocenters. The average Bonchev–Trinajstić information content (AvgIpc) is 3.09. The number of carbonyl (C=O) groups excluding carboxylic acids is 3. The van der Waals surface area contributed by atoms with Gasteiger partial charge in [0.25, 0.3) is 5.91 Å². The summed E-state index contributed by atoms with van der Waals surface area (Å²) in [4.78, 5) is 42.3. The van der Waals surface area contributed by atoms with E-state index >= 15 is 0 Å². The fourth-order valence-electron chi connectivity index (χ4n) is 4.28. The number of hydrogen-bond acceptors (Lipinski definition) is 3. The molecule has 170 valence electrons. The number of rotatable bonds is 7. The number of nitrogens with zero attached hydrogens (tertiary/aromatic N) is 2. The number of halogens is 2. The normalized spacial score (nSPS) is 13.3. The molecular formula is C25H23Cl2N3O3. The van der Waals surface area contributed by atoms with Gasteiger partial charge in [-0.2, -0.15) is 0 Å². The van der Waals surface area contributed by atoms with Crippen molar-refractivity contribution in [3.8, 4) is 0 Å². The Kier molecular flexibility index (Phi) is 6.58. The second-order valence-electron chi connectivity index (χ2n) is 7.88. The van der Waals surface area contributed by atoms with E-state index in [1.807, 2.05) is 37.3 Å². The van der Waals surface area contributed by atoms with Gasteiger partial charge in [-0.05, 0) is 41.6 Å². The smallest absolute Gasteiger partial charge is 0.259 e. The molecule has 8 heteroatoms. The number of benzene rings is 3. The quantitative estimate of drug-likeness (QED) is 0.531. The van der Waals surface area contributed by atoms with E-state index in [-0.39, 0.29) is 30.8 Å². The minimum atomic E-state index is -0.701. The van der Waals surface area contributed by atoms with Crippen LogP contribution in [0.2, 0.25) is 10.0 Å². The van der Waals surface area contributed by atoms with Crippen molar-refractivity contribution in [3.63, 3.8) is 0 Å². The molecule has 1 N–H and O–H groups in total. The van der Waals surface area contributed by atoms with Crippen LogP contribution in [0.15, 0.2) is 54.6 Å². The summed E-state index contributed by atoms with van der Waals surface area (Å²) in [6, 6.07) is 15.6. The highest BCUT2D eigenvalue weighted by atomic mass is 35.5. The van der Waals surface area contributed by atoms with E-state index in [0.29, 0.717) is 27.7 Å². The molecule has 4 rings (SSSR count). The average molecular weight is 484 g/mol. The first kappa shape index (κ1) is 23.1. The Balaban J connectivity index is 1.67. The van der Waals surface area contributed by atoms with Gasteiger partial charge in [0.15, 0.2) is 0 Å². The van der Waals surface area contributed by atoms with Crippen molar-refractivity contribution in [2.75, 3.05) is 18.5 Å². The Morgan fingerprint density at radius 2 is 1.79 bits per heavy atom. The predicted octanol–water partition coefficient (Wildman–Crippen LogP) is 4.66. The van der Waals surface area contributed by atoms with Crippen LogP contribution in [0, 0.1) is 0 Å². The van der Waals surface area contributed by atoms with E-state index in [4.69, 9.17) is 23.2 Å². The van der Waals surface area contributed by atoms with Crippen LogP contribution in [-0.2, 0) is 16.1 Å². The molecule has 0 radical (unpaired) electrons. The summed E-state index contributed by atoms with van der Waals surface area (Å²) in [6.45, 7) is 1.81. The second-order valence-corrected chi connectivity index (χ2v) is 8.69. The maximum absolute atomic E-state index is 13.6. The largest absolute Gasteiger partial charge is 0.357 e. The summed E-state index contributed by atoms with van der Waals surface area (Å²) >= 11 is 12.2. The van der Waals surface area contributed by atoms with Crippen molar-refractivity contribution in [1.82, 2.24) is 10.2 Å². The third-order valence-electron chi connectivity index (χ3n) is 5.91. The number of amides is 3. The predicted molar refractivity (Wildman–Crippen MR) is 131 cm³/mol. The zero-order chi connectivity index (χ0) is 23.7. The molecule has 3 aromatic carbocycles. The van der Waals surface area contributed by atoms with Gasteiger partial charge in [-0.3, -0.25) is 19.3 Å². The zero-order valence-corrected chi connectivity index (χ0v) is 19.8. The van der Waals surface area contributed by atoms with E-state index in [2.05, 4.69) is 5.32 Å². The summed E-state index contributed by atoms with van der Waals surface area (Å²) in [7, 11) is 1.54. The van der Waals surface area contributed by atoms with Crippen molar-refractivity contribution in [2.45, 2.75) is 25.9 Å². The number of likely N-dealkylation sites (N-methyl/N-ethyl adjacent to an activating group) is 1. The Labute approximate surface area is 202 Å². The highest BCUT2D eigenvalue weighted by molar-refractivity contribution is 6.42. The number of anilines is 1. The fourth-order valence-corrected chi connectivity index (χ4v) is 4.60. The maximum Gasteiger partial charge on any atom is 0.259 e. The molecule has 0 aromatic heterocycles. The van der Waals surface area contributed by atoms with Crippen LogP contribution in [0.1, 0.15) is 29.3 Å². The first-order chi connectivity index (χ1) is 15.8. The highest BCUT2D eigenvalue weighted by Crippen LogP contribution is 2.37. The molecule has 0 spiro atoms. The van der Waals surface area contributed by atoms with Crippen LogP contribution in [0.25, 0.3) is 10.8 Å². The van der Waals surface area contributed by atoms with Crippen LogP contribution in [0.5, 0.6) is 0 Å². The summed E-state index contributed by atoms with van der Waals surface area (Å²) in [5.74, 6) is -0.837. The zero-order valence-electron chi connectivity index (χ0n) is 18.3. The lowest BCUT2D eigenvalue weighted by atomic mass is 10.1. The Morgan fingerprint density at radius 3 is 2.45 bits per heavy atom. The van der Waals surface area contributed by atoms with E-state index in [1.165, 1.54) is 16.8 Å². The van der Waals surface area contributed by atoms with Crippen molar-refractivity contribution in [2.24, 2.45) is 0 Å². The lowest BCUT2D eigenvalue weighted by molar-refractivity contribution is -0.140. The molecular weight excluding hydrogens is 461 g/mol. The second kappa shape index (κ2) is 9.41. The lowest BCUT2D eigenvalue weighted by Crippen LogP contribution is -2.51. The van der Waals surface area contributed by atoms with Crippen molar-refractivity contribution < 1.29 is 14.4 Å². The van der Waals surface area contributed by atoms with Gasteiger partial charge in [-0.1, -0.05) is 60.5 Å². The van der Waals surface area contributed by atoms with Crippen LogP contribution in [0.4, 0.5) is 5.69 Å². The molecule has 0 bridgehead atoms. The number of carbonyl (C=O) groups is 3. The maximum atomic E-state index is 13.6. The molecule has 1 aliphatic heterocycles. The van der Waals surface area contributed by atoms with Crippen LogP contribution in [-0.4, -0.2) is 42.3 Å². The van der Waals surface area contributed by atoms with E-state index in [9.17, 15) is 14.4 Å². The van der Waals surface area contributed by atoms with Gasteiger partial charge in [-0.25, -0.2) is 0 Å². The van der Waals surface area contributed by atoms with Crippen LogP contribution >= 0.6 is 23.2 Å². The van der Waals surface area contributed by atoms with Gasteiger partial charge in [-0.15, -0.1) is 0 Å². The molecule has 1 aliphatic rings. The van der Waals surface area contributed by atoms with Gasteiger partial charge in [0.1, 0.15) is 12.6 Å². The summed E-state index contributed by atoms with van der Waals surface area (Å²) in [5.41, 5.74) is 2.01. The van der Waals surface area contributed by atoms with Crippen molar-refractivity contribution in [1.29, 1.82) is 0 Å². The van der Waals surface area contributed by atoms with Gasteiger partial charge in [0.2, 0.25) is 11.8 Å². The van der Waals surface area contributed by atoms with Gasteiger partial charge in [0, 0.05) is 24.5 Å². The molecule has 1 atom stereocenters. The summed E-state index contributed by atoms with van der Waals surface area (Å²) < 4.78 is 0. The molecule has 0 aliphatic carbocycles. The third-order valence-corrected chi connectivity index (χ3v) is 6.65. The Bertz CT molecular complexity index is 1260. The molecule has 0 saturated heterocycles. The summed E-state index contributed by atoms with van der Waals surface area (Å²) in [6.07, 6.45) is 0.413. The standard InChI is InChI=1S/C25H23Cl2N3O3/c1-3-20(24(32)28-2)29(13-15-10-11-18(26)19(27)12-15)22(31)14-30-21-9-5-7-16-6-4-8-17(23(16)21)25(30)33/h4-12,20H,3,13-14H2,1-2H3,(H,28,32)/t20-/m0/s1. The van der Waals surface area contributed by atoms with Gasteiger partial charge in [0.05, 0.1) is 15.7 Å². The topological polar surface area (TPSA) is 69.7 Å². The Morgan fingerprint density at radius 1 is 1.06 bits per heavy atom. The summed E-state index contributed by atoms with van der Waals surface area (Å²) in [5, 5.41) is 5.19. The van der Waals surface area contributed by atoms with Crippen LogP contribution < -0.4 is 10.2 Å². The fraction of sp³-hybridized carbons (Fsp3) is 0.240. The first-order valence-corrected chi connectivity index (χ1v) is 11.4. The number of nitrogens with one attached hydrogen (secondary N) is 1. The molecule has 1 heterocycles. The highest BCUT2D eigenvalue weighted by Gasteiger charge is 2.34. The van der Waals surface area contributed by atoms with Gasteiger partial charge < -0.3 is 10.2 Å². The minimum Gasteiger partial charge on any atom is -0.357 e. The molecule has 6 nitrogen and oxygen atoms in total. The molecule has 0 saturated carbocycles. The van der Waals surface area contributed by atoms with Crippen molar-refractivity contribution >= 4 is 57.4 Å². The van der Waals surface area contributed by atoms with Gasteiger partial charge >= 0.3 is 0 Å². The van der Waals surface area contributed by atoms with E-state index < -0.39 is 6.04 Å². The van der Waals surface area contributed by atoms with E-state index in [1.54, 1.807) is 24.3 Å². The third kappa shape index (κ3) is 4.28. The van der Waals surface area contributed by atoms with Crippen LogP contribution in [0.3, 0.4) is 0 Å². The minimum absolute atomic E-state index is 0.154. The lowest BCUT2D eigenvalue weighted by Gasteiger charge is -2.32. The monoisotopic (exact) mass is 483 g/mol. The molecule has 3 amide bonds. The Hall–Kier alpha value is -3.09. The molecule has 3 aromatic rings. The van der Waals surface area contributed by atoms with Crippen molar-refractivity contribution in [3.05, 3.63) is 75.8 Å². The molecule has 0 fully saturated rings. The first-order valence-electron chi connectivity index (χ1n) is 10.6. The number of hydrogen-bond donors (Lipinski definition) is 1. The SMILES string of the molecule is CC[C@@H](C(=O)NC)N(Cc1ccc(Cl)c(Cl)c1)C(=O)CN1C(=O)c2cccc3cccc1c23. The van der Waals surface area contributed by atoms with E-state index in [0.717, 1.165) is 16.3 Å².